The Labute approximate surface area is 75.7 Å². The van der Waals surface area contributed by atoms with Gasteiger partial charge in [0.1, 0.15) is 0 Å². The lowest BCUT2D eigenvalue weighted by atomic mass is 9.93. The molecule has 0 aromatic carbocycles. The van der Waals surface area contributed by atoms with Crippen LogP contribution in [-0.2, 0) is 0 Å². The van der Waals surface area contributed by atoms with E-state index in [1.807, 2.05) is 13.8 Å². The van der Waals surface area contributed by atoms with E-state index in [9.17, 15) is 5.11 Å². The minimum absolute atomic E-state index is 0.249. The molecule has 3 N–H and O–H groups in total. The van der Waals surface area contributed by atoms with Crippen molar-refractivity contribution < 1.29 is 5.11 Å². The smallest absolute Gasteiger partial charge is 0.0662 e. The molecular weight excluding hydrogens is 178 g/mol. The quantitative estimate of drug-likeness (QED) is 0.650. The third-order valence-electron chi connectivity index (χ3n) is 1.77. The second kappa shape index (κ2) is 3.39. The second-order valence-corrected chi connectivity index (χ2v) is 5.17. The fraction of sp³-hybridized carbons (Fsp3) is 0.714. The van der Waals surface area contributed by atoms with E-state index in [0.717, 1.165) is 9.99 Å². The predicted octanol–water partition coefficient (Wildman–Crippen LogP) is 1.57. The van der Waals surface area contributed by atoms with Crippen LogP contribution in [0.15, 0.2) is 10.3 Å². The molecule has 0 bridgehead atoms. The predicted molar refractivity (Wildman–Crippen MR) is 52.1 cm³/mol. The van der Waals surface area contributed by atoms with Gasteiger partial charge >= 0.3 is 0 Å². The molecule has 0 saturated carbocycles. The van der Waals surface area contributed by atoms with E-state index in [-0.39, 0.29) is 5.92 Å². The van der Waals surface area contributed by atoms with Crippen LogP contribution in [0.1, 0.15) is 13.8 Å². The lowest BCUT2D eigenvalue weighted by molar-refractivity contribution is 0.0466. The third kappa shape index (κ3) is 2.40. The van der Waals surface area contributed by atoms with Gasteiger partial charge in [-0.15, -0.1) is 11.8 Å². The number of rotatable bonds is 2. The molecule has 64 valence electrons. The maximum absolute atomic E-state index is 9.62. The number of hydrogen-bond donors (Lipinski definition) is 2. The number of nitrogens with two attached hydrogens (primary N) is 1. The van der Waals surface area contributed by atoms with Gasteiger partial charge in [0.2, 0.25) is 0 Å². The van der Waals surface area contributed by atoms with Gasteiger partial charge in [0.15, 0.2) is 0 Å². The van der Waals surface area contributed by atoms with Crippen LogP contribution in [0.25, 0.3) is 0 Å². The molecule has 1 aliphatic rings. The van der Waals surface area contributed by atoms with Crippen LogP contribution in [0.5, 0.6) is 0 Å². The zero-order valence-electron chi connectivity index (χ0n) is 6.70. The molecule has 0 spiro atoms. The van der Waals surface area contributed by atoms with Crippen molar-refractivity contribution in [1.82, 2.24) is 0 Å². The van der Waals surface area contributed by atoms with Crippen molar-refractivity contribution in [3.8, 4) is 0 Å². The molecule has 1 rings (SSSR count). The minimum Gasteiger partial charge on any atom is -0.390 e. The molecule has 0 radical (unpaired) electrons. The Kier molecular flexibility index (Phi) is 2.91. The Morgan fingerprint density at radius 2 is 2.45 bits per heavy atom. The summed E-state index contributed by atoms with van der Waals surface area (Å²) in [5.74, 6) is 1.20. The van der Waals surface area contributed by atoms with E-state index in [4.69, 9.17) is 5.14 Å². The van der Waals surface area contributed by atoms with E-state index in [2.05, 4.69) is 6.08 Å². The van der Waals surface area contributed by atoms with Crippen LogP contribution in [-0.4, -0.2) is 16.5 Å². The van der Waals surface area contributed by atoms with E-state index in [1.165, 1.54) is 11.9 Å². The monoisotopic (exact) mass is 191 g/mol. The van der Waals surface area contributed by atoms with Gasteiger partial charge in [-0.1, -0.05) is 6.08 Å². The Morgan fingerprint density at radius 1 is 1.82 bits per heavy atom. The van der Waals surface area contributed by atoms with Gasteiger partial charge in [-0.3, -0.25) is 5.14 Å². The van der Waals surface area contributed by atoms with Crippen LogP contribution in [0.2, 0.25) is 0 Å². The first-order chi connectivity index (χ1) is 5.04. The minimum atomic E-state index is -0.607. The first-order valence-electron chi connectivity index (χ1n) is 3.48. The molecule has 1 atom stereocenters. The lowest BCUT2D eigenvalue weighted by Crippen LogP contribution is -2.29. The van der Waals surface area contributed by atoms with Crippen LogP contribution < -0.4 is 5.14 Å². The van der Waals surface area contributed by atoms with Gasteiger partial charge in [-0.25, -0.2) is 0 Å². The average molecular weight is 191 g/mol. The molecule has 0 fully saturated rings. The highest BCUT2D eigenvalue weighted by Crippen LogP contribution is 2.38. The Bertz CT molecular complexity index is 174. The highest BCUT2D eigenvalue weighted by Gasteiger charge is 2.29. The van der Waals surface area contributed by atoms with Gasteiger partial charge in [-0.05, 0) is 25.8 Å². The molecule has 4 heteroatoms. The molecule has 0 aromatic rings. The molecule has 11 heavy (non-hydrogen) atoms. The van der Waals surface area contributed by atoms with Crippen molar-refractivity contribution >= 4 is 23.7 Å². The summed E-state index contributed by atoms with van der Waals surface area (Å²) in [6, 6.07) is 0. The van der Waals surface area contributed by atoms with E-state index >= 15 is 0 Å². The first kappa shape index (κ1) is 9.45. The van der Waals surface area contributed by atoms with Crippen molar-refractivity contribution in [1.29, 1.82) is 0 Å². The lowest BCUT2D eigenvalue weighted by Gasteiger charge is -2.22. The SMILES string of the molecule is CC(C)(O)C1C=C(SN)SC1. The summed E-state index contributed by atoms with van der Waals surface area (Å²) in [7, 11) is 0. The summed E-state index contributed by atoms with van der Waals surface area (Å²) < 4.78 is 1.12. The van der Waals surface area contributed by atoms with Crippen molar-refractivity contribution in [2.45, 2.75) is 19.4 Å². The topological polar surface area (TPSA) is 46.2 Å². The molecule has 0 aliphatic carbocycles. The molecule has 1 unspecified atom stereocenters. The molecule has 2 nitrogen and oxygen atoms in total. The largest absolute Gasteiger partial charge is 0.390 e. The maximum Gasteiger partial charge on any atom is 0.0662 e. The highest BCUT2D eigenvalue weighted by atomic mass is 32.2. The summed E-state index contributed by atoms with van der Waals surface area (Å²) in [5, 5.41) is 15.0. The second-order valence-electron chi connectivity index (χ2n) is 3.17. The van der Waals surface area contributed by atoms with Gasteiger partial charge in [-0.2, -0.15) is 0 Å². The van der Waals surface area contributed by atoms with Gasteiger partial charge in [0.05, 0.1) is 9.84 Å². The number of thioether (sulfide) groups is 1. The normalized spacial score (nSPS) is 25.5. The summed E-state index contributed by atoms with van der Waals surface area (Å²) >= 11 is 2.98. The molecular formula is C7H13NOS2. The molecule has 1 heterocycles. The zero-order valence-corrected chi connectivity index (χ0v) is 8.34. The standard InChI is InChI=1S/C7H13NOS2/c1-7(2,9)5-3-6(11-8)10-4-5/h3,5,9H,4,8H2,1-2H3. The van der Waals surface area contributed by atoms with E-state index in [0.29, 0.717) is 0 Å². The number of aliphatic hydroxyl groups is 1. The summed E-state index contributed by atoms with van der Waals surface area (Å²) in [5.41, 5.74) is -0.607. The summed E-state index contributed by atoms with van der Waals surface area (Å²) in [6.45, 7) is 3.66. The average Bonchev–Trinajstić information content (AvgIpc) is 2.32. The van der Waals surface area contributed by atoms with E-state index < -0.39 is 5.60 Å². The molecule has 1 aliphatic heterocycles. The van der Waals surface area contributed by atoms with Crippen LogP contribution >= 0.6 is 23.7 Å². The van der Waals surface area contributed by atoms with Crippen molar-refractivity contribution in [2.75, 3.05) is 5.75 Å². The fourth-order valence-electron chi connectivity index (χ4n) is 0.914. The first-order valence-corrected chi connectivity index (χ1v) is 5.34. The molecule has 0 aromatic heterocycles. The Balaban J connectivity index is 2.59. The Morgan fingerprint density at radius 3 is 2.73 bits per heavy atom. The van der Waals surface area contributed by atoms with Gasteiger partial charge in [0, 0.05) is 11.7 Å². The molecule has 0 amide bonds. The van der Waals surface area contributed by atoms with Crippen LogP contribution in [0, 0.1) is 5.92 Å². The van der Waals surface area contributed by atoms with Gasteiger partial charge < -0.3 is 5.11 Å². The third-order valence-corrected chi connectivity index (χ3v) is 3.72. The van der Waals surface area contributed by atoms with Crippen molar-refractivity contribution in [2.24, 2.45) is 11.1 Å². The summed E-state index contributed by atoms with van der Waals surface area (Å²) in [4.78, 5) is 0. The Hall–Kier alpha value is 0.360. The van der Waals surface area contributed by atoms with E-state index in [1.54, 1.807) is 11.8 Å². The fourth-order valence-corrected chi connectivity index (χ4v) is 2.74. The summed E-state index contributed by atoms with van der Waals surface area (Å²) in [6.07, 6.45) is 2.05. The van der Waals surface area contributed by atoms with Crippen LogP contribution in [0.4, 0.5) is 0 Å². The molecule has 0 saturated heterocycles. The van der Waals surface area contributed by atoms with Crippen LogP contribution in [0.3, 0.4) is 0 Å². The maximum atomic E-state index is 9.62. The van der Waals surface area contributed by atoms with Crippen molar-refractivity contribution in [3.63, 3.8) is 0 Å². The zero-order chi connectivity index (χ0) is 8.48. The highest BCUT2D eigenvalue weighted by molar-refractivity contribution is 8.21. The van der Waals surface area contributed by atoms with Gasteiger partial charge in [0.25, 0.3) is 0 Å². The number of hydrogen-bond acceptors (Lipinski definition) is 4. The van der Waals surface area contributed by atoms with Crippen molar-refractivity contribution in [3.05, 3.63) is 10.3 Å².